The normalized spacial score (nSPS) is 22.5. The molecular weight excluding hydrogens is 207 g/mol. The van der Waals surface area contributed by atoms with Crippen LogP contribution in [-0.4, -0.2) is 17.6 Å². The molecule has 1 saturated carbocycles. The largest absolute Gasteiger partial charge is 0.411 e. The second-order valence-corrected chi connectivity index (χ2v) is 3.86. The van der Waals surface area contributed by atoms with Gasteiger partial charge in [-0.1, -0.05) is 18.2 Å². The van der Waals surface area contributed by atoms with Crippen molar-refractivity contribution in [1.29, 1.82) is 0 Å². The maximum absolute atomic E-state index is 12.5. The maximum atomic E-state index is 12.5. The van der Waals surface area contributed by atoms with Crippen LogP contribution in [0.2, 0.25) is 0 Å². The molecule has 1 N–H and O–H groups in total. The highest BCUT2D eigenvalue weighted by Gasteiger charge is 2.64. The summed E-state index contributed by atoms with van der Waals surface area (Å²) in [7, 11) is 0. The molecule has 82 valence electrons. The van der Waals surface area contributed by atoms with Crippen molar-refractivity contribution in [3.63, 3.8) is 0 Å². The van der Waals surface area contributed by atoms with E-state index in [1.807, 2.05) is 0 Å². The Balaban J connectivity index is 2.01. The van der Waals surface area contributed by atoms with E-state index >= 15 is 0 Å². The van der Waals surface area contributed by atoms with Crippen LogP contribution in [-0.2, 0) is 4.79 Å². The molecule has 0 saturated heterocycles. The Kier molecular flexibility index (Phi) is 2.13. The summed E-state index contributed by atoms with van der Waals surface area (Å²) >= 11 is 0. The lowest BCUT2D eigenvalue weighted by molar-refractivity contribution is -0.169. The molecule has 0 aliphatic heterocycles. The first-order chi connectivity index (χ1) is 6.95. The minimum absolute atomic E-state index is 0.0110. The van der Waals surface area contributed by atoms with Crippen LogP contribution in [0, 0.1) is 0 Å². The lowest BCUT2D eigenvalue weighted by Crippen LogP contribution is -2.48. The highest BCUT2D eigenvalue weighted by atomic mass is 19.4. The summed E-state index contributed by atoms with van der Waals surface area (Å²) in [6, 6.07) is 0. The van der Waals surface area contributed by atoms with E-state index in [9.17, 15) is 18.0 Å². The van der Waals surface area contributed by atoms with Gasteiger partial charge in [-0.05, 0) is 19.3 Å². The van der Waals surface area contributed by atoms with Crippen molar-refractivity contribution in [2.75, 3.05) is 0 Å². The Hall–Kier alpha value is -1.26. The number of alkyl halides is 3. The topological polar surface area (TPSA) is 29.1 Å². The molecule has 0 aromatic heterocycles. The van der Waals surface area contributed by atoms with Gasteiger partial charge in [-0.15, -0.1) is 0 Å². The molecule has 15 heavy (non-hydrogen) atoms. The average Bonchev–Trinajstić information content (AvgIpc) is 2.74. The van der Waals surface area contributed by atoms with Gasteiger partial charge >= 0.3 is 6.18 Å². The van der Waals surface area contributed by atoms with E-state index in [1.165, 1.54) is 0 Å². The number of amides is 1. The zero-order chi connectivity index (χ0) is 11.1. The maximum Gasteiger partial charge on any atom is 0.411 e. The minimum Gasteiger partial charge on any atom is -0.338 e. The number of nitrogens with one attached hydrogen (secondary N) is 1. The van der Waals surface area contributed by atoms with Gasteiger partial charge in [0.05, 0.1) is 0 Å². The molecule has 2 nitrogen and oxygen atoms in total. The van der Waals surface area contributed by atoms with Crippen molar-refractivity contribution in [2.24, 2.45) is 0 Å². The third-order valence-electron chi connectivity index (χ3n) is 2.71. The molecule has 0 aromatic carbocycles. The highest BCUT2D eigenvalue weighted by molar-refractivity contribution is 5.95. The molecular formula is C10H10F3NO. The van der Waals surface area contributed by atoms with Gasteiger partial charge in [-0.25, -0.2) is 0 Å². The number of hydrogen-bond donors (Lipinski definition) is 1. The number of carbonyl (C=O) groups excluding carboxylic acids is 1. The Labute approximate surface area is 84.8 Å². The summed E-state index contributed by atoms with van der Waals surface area (Å²) in [6.07, 6.45) is 1.01. The van der Waals surface area contributed by atoms with Gasteiger partial charge in [-0.3, -0.25) is 4.79 Å². The Morgan fingerprint density at radius 3 is 2.47 bits per heavy atom. The Morgan fingerprint density at radius 2 is 2.07 bits per heavy atom. The van der Waals surface area contributed by atoms with Gasteiger partial charge < -0.3 is 5.32 Å². The molecule has 0 spiro atoms. The minimum atomic E-state index is -4.34. The Bertz CT molecular complexity index is 350. The molecule has 1 amide bonds. The lowest BCUT2D eigenvalue weighted by atomic mass is 10.2. The molecule has 5 heteroatoms. The summed E-state index contributed by atoms with van der Waals surface area (Å²) < 4.78 is 37.5. The van der Waals surface area contributed by atoms with Gasteiger partial charge in [0.1, 0.15) is 5.54 Å². The van der Waals surface area contributed by atoms with Crippen molar-refractivity contribution in [2.45, 2.75) is 31.0 Å². The van der Waals surface area contributed by atoms with E-state index in [0.29, 0.717) is 12.0 Å². The number of halogens is 3. The average molecular weight is 217 g/mol. The standard InChI is InChI=1S/C10H10F3NO/c11-10(12,13)9(5-6-9)14-8(15)7-3-1-2-4-7/h1-3H,4-6H2,(H,14,15). The smallest absolute Gasteiger partial charge is 0.338 e. The third-order valence-corrected chi connectivity index (χ3v) is 2.71. The summed E-state index contributed by atoms with van der Waals surface area (Å²) in [6.45, 7) is 0. The molecule has 0 radical (unpaired) electrons. The Morgan fingerprint density at radius 1 is 1.40 bits per heavy atom. The molecule has 0 bridgehead atoms. The van der Waals surface area contributed by atoms with Gasteiger partial charge in [0.25, 0.3) is 0 Å². The second kappa shape index (κ2) is 3.12. The van der Waals surface area contributed by atoms with E-state index in [2.05, 4.69) is 5.32 Å². The van der Waals surface area contributed by atoms with Crippen LogP contribution >= 0.6 is 0 Å². The molecule has 0 atom stereocenters. The quantitative estimate of drug-likeness (QED) is 0.753. The molecule has 2 rings (SSSR count). The second-order valence-electron chi connectivity index (χ2n) is 3.86. The first-order valence-corrected chi connectivity index (χ1v) is 4.70. The SMILES string of the molecule is O=C(NC1(C(F)(F)F)CC1)C1=CC=CC1. The fraction of sp³-hybridized carbons (Fsp3) is 0.500. The molecule has 0 heterocycles. The summed E-state index contributed by atoms with van der Waals surface area (Å²) in [5, 5.41) is 2.08. The lowest BCUT2D eigenvalue weighted by Gasteiger charge is -2.20. The zero-order valence-corrected chi connectivity index (χ0v) is 7.90. The summed E-state index contributed by atoms with van der Waals surface area (Å²) in [4.78, 5) is 11.4. The van der Waals surface area contributed by atoms with Gasteiger partial charge in [-0.2, -0.15) is 13.2 Å². The third kappa shape index (κ3) is 1.78. The zero-order valence-electron chi connectivity index (χ0n) is 7.90. The highest BCUT2D eigenvalue weighted by Crippen LogP contribution is 2.49. The summed E-state index contributed by atoms with van der Waals surface area (Å²) in [5.41, 5.74) is -1.56. The van der Waals surface area contributed by atoms with Gasteiger partial charge in [0.15, 0.2) is 0 Å². The molecule has 1 fully saturated rings. The van der Waals surface area contributed by atoms with Crippen LogP contribution in [0.15, 0.2) is 23.8 Å². The molecule has 0 aromatic rings. The van der Waals surface area contributed by atoms with Gasteiger partial charge in [0, 0.05) is 5.57 Å². The first kappa shape index (κ1) is 10.3. The van der Waals surface area contributed by atoms with Gasteiger partial charge in [0.2, 0.25) is 5.91 Å². The van der Waals surface area contributed by atoms with Crippen LogP contribution < -0.4 is 5.32 Å². The number of rotatable bonds is 2. The van der Waals surface area contributed by atoms with Crippen molar-refractivity contribution in [3.8, 4) is 0 Å². The van der Waals surface area contributed by atoms with Crippen LogP contribution in [0.25, 0.3) is 0 Å². The first-order valence-electron chi connectivity index (χ1n) is 4.70. The predicted octanol–water partition coefficient (Wildman–Crippen LogP) is 2.08. The fourth-order valence-electron chi connectivity index (χ4n) is 1.52. The number of allylic oxidation sites excluding steroid dienone is 3. The van der Waals surface area contributed by atoms with E-state index in [0.717, 1.165) is 0 Å². The monoisotopic (exact) mass is 217 g/mol. The van der Waals surface area contributed by atoms with E-state index in [-0.39, 0.29) is 12.8 Å². The molecule has 2 aliphatic carbocycles. The van der Waals surface area contributed by atoms with E-state index in [1.54, 1.807) is 18.2 Å². The van der Waals surface area contributed by atoms with E-state index < -0.39 is 17.6 Å². The fourth-order valence-corrected chi connectivity index (χ4v) is 1.52. The van der Waals surface area contributed by atoms with Crippen LogP contribution in [0.5, 0.6) is 0 Å². The summed E-state index contributed by atoms with van der Waals surface area (Å²) in [5.74, 6) is -0.602. The van der Waals surface area contributed by atoms with Crippen molar-refractivity contribution in [1.82, 2.24) is 5.32 Å². The number of hydrogen-bond acceptors (Lipinski definition) is 1. The van der Waals surface area contributed by atoms with E-state index in [4.69, 9.17) is 0 Å². The molecule has 0 unspecified atom stereocenters. The van der Waals surface area contributed by atoms with Crippen LogP contribution in [0.1, 0.15) is 19.3 Å². The van der Waals surface area contributed by atoms with Crippen molar-refractivity contribution >= 4 is 5.91 Å². The van der Waals surface area contributed by atoms with Crippen LogP contribution in [0.3, 0.4) is 0 Å². The van der Waals surface area contributed by atoms with Crippen LogP contribution in [0.4, 0.5) is 13.2 Å². The van der Waals surface area contributed by atoms with Crippen molar-refractivity contribution < 1.29 is 18.0 Å². The molecule has 2 aliphatic rings. The predicted molar refractivity (Wildman–Crippen MR) is 48.0 cm³/mol. The van der Waals surface area contributed by atoms with Crippen molar-refractivity contribution in [3.05, 3.63) is 23.8 Å². The number of carbonyl (C=O) groups is 1.